The number of aliphatic hydroxyl groups is 1. The van der Waals surface area contributed by atoms with Gasteiger partial charge in [-0.3, -0.25) is 0 Å². The summed E-state index contributed by atoms with van der Waals surface area (Å²) in [6.45, 7) is 3.60. The first-order chi connectivity index (χ1) is 6.53. The van der Waals surface area contributed by atoms with E-state index in [9.17, 15) is 4.39 Å². The monoisotopic (exact) mass is 206 g/mol. The molecule has 0 radical (unpaired) electrons. The molecule has 0 amide bonds. The standard InChI is InChI=1S/C9H15FO4/c1-9(2)12-4-6(14-9)7(10)8-5(3-11)13-8/h5-8,11H,3-4H2,1-2H3/t5-,6-,7-,8+/m1/s1. The molecule has 0 aromatic carbocycles. The van der Waals surface area contributed by atoms with Crippen molar-refractivity contribution in [3.63, 3.8) is 0 Å². The Morgan fingerprint density at radius 2 is 2.29 bits per heavy atom. The van der Waals surface area contributed by atoms with Gasteiger partial charge in [0.15, 0.2) is 12.0 Å². The minimum atomic E-state index is -1.21. The molecule has 2 rings (SSSR count). The zero-order valence-electron chi connectivity index (χ0n) is 8.27. The highest BCUT2D eigenvalue weighted by Gasteiger charge is 2.51. The second-order valence-electron chi connectivity index (χ2n) is 4.13. The van der Waals surface area contributed by atoms with Crippen LogP contribution in [0.15, 0.2) is 0 Å². The van der Waals surface area contributed by atoms with Crippen molar-refractivity contribution in [3.05, 3.63) is 0 Å². The van der Waals surface area contributed by atoms with E-state index in [1.165, 1.54) is 0 Å². The molecule has 0 unspecified atom stereocenters. The smallest absolute Gasteiger partial charge is 0.163 e. The topological polar surface area (TPSA) is 51.2 Å². The first kappa shape index (κ1) is 10.3. The maximum atomic E-state index is 13.6. The molecule has 2 saturated heterocycles. The third-order valence-corrected chi connectivity index (χ3v) is 2.50. The van der Waals surface area contributed by atoms with Crippen LogP contribution in [-0.4, -0.2) is 48.6 Å². The summed E-state index contributed by atoms with van der Waals surface area (Å²) in [5, 5.41) is 8.71. The largest absolute Gasteiger partial charge is 0.394 e. The summed E-state index contributed by atoms with van der Waals surface area (Å²) in [6, 6.07) is 0. The molecule has 14 heavy (non-hydrogen) atoms. The number of alkyl halides is 1. The molecule has 1 N–H and O–H groups in total. The molecule has 0 aromatic heterocycles. The maximum Gasteiger partial charge on any atom is 0.163 e. The van der Waals surface area contributed by atoms with Crippen molar-refractivity contribution in [1.29, 1.82) is 0 Å². The zero-order chi connectivity index (χ0) is 10.3. The summed E-state index contributed by atoms with van der Waals surface area (Å²) in [5.41, 5.74) is 0. The average Bonchev–Trinajstić information content (AvgIpc) is 2.83. The number of ether oxygens (including phenoxy) is 3. The highest BCUT2D eigenvalue weighted by atomic mass is 19.1. The van der Waals surface area contributed by atoms with Gasteiger partial charge in [-0.25, -0.2) is 4.39 Å². The summed E-state index contributed by atoms with van der Waals surface area (Å²) in [6.07, 6.45) is -2.68. The van der Waals surface area contributed by atoms with Gasteiger partial charge in [-0.1, -0.05) is 0 Å². The quantitative estimate of drug-likeness (QED) is 0.672. The van der Waals surface area contributed by atoms with E-state index in [-0.39, 0.29) is 19.3 Å². The molecule has 4 nitrogen and oxygen atoms in total. The lowest BCUT2D eigenvalue weighted by molar-refractivity contribution is -0.146. The molecule has 0 saturated carbocycles. The lowest BCUT2D eigenvalue weighted by Crippen LogP contribution is -2.32. The van der Waals surface area contributed by atoms with Crippen molar-refractivity contribution in [2.75, 3.05) is 13.2 Å². The van der Waals surface area contributed by atoms with Gasteiger partial charge in [-0.15, -0.1) is 0 Å². The van der Waals surface area contributed by atoms with Crippen LogP contribution in [0.25, 0.3) is 0 Å². The molecule has 2 heterocycles. The van der Waals surface area contributed by atoms with E-state index in [4.69, 9.17) is 19.3 Å². The van der Waals surface area contributed by atoms with Crippen molar-refractivity contribution < 1.29 is 23.7 Å². The number of halogens is 1. The summed E-state index contributed by atoms with van der Waals surface area (Å²) < 4.78 is 29.2. The highest BCUT2D eigenvalue weighted by molar-refractivity contribution is 4.95. The van der Waals surface area contributed by atoms with Gasteiger partial charge in [-0.2, -0.15) is 0 Å². The van der Waals surface area contributed by atoms with Gasteiger partial charge in [0.2, 0.25) is 0 Å². The van der Waals surface area contributed by atoms with Crippen LogP contribution in [0.2, 0.25) is 0 Å². The Balaban J connectivity index is 1.85. The fraction of sp³-hybridized carbons (Fsp3) is 1.00. The van der Waals surface area contributed by atoms with Crippen LogP contribution in [0, 0.1) is 0 Å². The second kappa shape index (κ2) is 3.41. The summed E-state index contributed by atoms with van der Waals surface area (Å²) >= 11 is 0. The first-order valence-corrected chi connectivity index (χ1v) is 4.75. The Hall–Kier alpha value is -0.230. The van der Waals surface area contributed by atoms with E-state index in [0.29, 0.717) is 0 Å². The van der Waals surface area contributed by atoms with E-state index in [1.807, 2.05) is 0 Å². The van der Waals surface area contributed by atoms with Crippen molar-refractivity contribution in [1.82, 2.24) is 0 Å². The fourth-order valence-corrected chi connectivity index (χ4v) is 1.67. The molecule has 2 fully saturated rings. The van der Waals surface area contributed by atoms with Gasteiger partial charge in [0, 0.05) is 0 Å². The molecule has 0 bridgehead atoms. The maximum absolute atomic E-state index is 13.6. The van der Waals surface area contributed by atoms with Crippen molar-refractivity contribution in [2.24, 2.45) is 0 Å². The Morgan fingerprint density at radius 3 is 2.71 bits per heavy atom. The van der Waals surface area contributed by atoms with Gasteiger partial charge < -0.3 is 19.3 Å². The molecular formula is C9H15FO4. The van der Waals surface area contributed by atoms with Gasteiger partial charge in [0.1, 0.15) is 18.3 Å². The van der Waals surface area contributed by atoms with Crippen LogP contribution in [0.5, 0.6) is 0 Å². The minimum absolute atomic E-state index is 0.137. The zero-order valence-corrected chi connectivity index (χ0v) is 8.27. The van der Waals surface area contributed by atoms with Crippen LogP contribution >= 0.6 is 0 Å². The summed E-state index contributed by atoms with van der Waals surface area (Å²) in [7, 11) is 0. The van der Waals surface area contributed by atoms with Crippen LogP contribution in [-0.2, 0) is 14.2 Å². The van der Waals surface area contributed by atoms with E-state index in [1.54, 1.807) is 13.8 Å². The van der Waals surface area contributed by atoms with E-state index >= 15 is 0 Å². The Labute approximate surface area is 81.9 Å². The van der Waals surface area contributed by atoms with Crippen LogP contribution in [0.3, 0.4) is 0 Å². The molecule has 82 valence electrons. The molecule has 0 aliphatic carbocycles. The Morgan fingerprint density at radius 1 is 1.57 bits per heavy atom. The molecular weight excluding hydrogens is 191 g/mol. The highest BCUT2D eigenvalue weighted by Crippen LogP contribution is 2.34. The van der Waals surface area contributed by atoms with Gasteiger partial charge >= 0.3 is 0 Å². The normalized spacial score (nSPS) is 42.4. The average molecular weight is 206 g/mol. The van der Waals surface area contributed by atoms with Gasteiger partial charge in [-0.05, 0) is 13.8 Å². The van der Waals surface area contributed by atoms with Crippen molar-refractivity contribution >= 4 is 0 Å². The third kappa shape index (κ3) is 1.91. The molecule has 4 atom stereocenters. The number of epoxide rings is 1. The fourth-order valence-electron chi connectivity index (χ4n) is 1.67. The lowest BCUT2D eigenvalue weighted by Gasteiger charge is -2.18. The predicted molar refractivity (Wildman–Crippen MR) is 45.5 cm³/mol. The number of rotatable bonds is 3. The summed E-state index contributed by atoms with van der Waals surface area (Å²) in [5.74, 6) is -0.710. The summed E-state index contributed by atoms with van der Waals surface area (Å²) in [4.78, 5) is 0. The van der Waals surface area contributed by atoms with Gasteiger partial charge in [0.05, 0.1) is 13.2 Å². The molecule has 5 heteroatoms. The number of hydrogen-bond acceptors (Lipinski definition) is 4. The van der Waals surface area contributed by atoms with Crippen molar-refractivity contribution in [2.45, 2.75) is 44.1 Å². The predicted octanol–water partition coefficient (Wildman–Crippen LogP) is 0.236. The van der Waals surface area contributed by atoms with Crippen molar-refractivity contribution in [3.8, 4) is 0 Å². The SMILES string of the molecule is CC1(C)OC[C@H]([C@@H](F)[C@H]2O[C@@H]2CO)O1. The van der Waals surface area contributed by atoms with E-state index in [0.717, 1.165) is 0 Å². The van der Waals surface area contributed by atoms with Crippen LogP contribution < -0.4 is 0 Å². The Kier molecular flexibility index (Phi) is 2.51. The first-order valence-electron chi connectivity index (χ1n) is 4.75. The van der Waals surface area contributed by atoms with Crippen LogP contribution in [0.4, 0.5) is 4.39 Å². The minimum Gasteiger partial charge on any atom is -0.394 e. The number of aliphatic hydroxyl groups excluding tert-OH is 1. The molecule has 2 aliphatic rings. The number of hydrogen-bond donors (Lipinski definition) is 1. The van der Waals surface area contributed by atoms with Gasteiger partial charge in [0.25, 0.3) is 0 Å². The van der Waals surface area contributed by atoms with Crippen LogP contribution in [0.1, 0.15) is 13.8 Å². The Bertz CT molecular complexity index is 221. The van der Waals surface area contributed by atoms with E-state index < -0.39 is 24.2 Å². The molecule has 0 aromatic rings. The molecule has 2 aliphatic heterocycles. The second-order valence-corrected chi connectivity index (χ2v) is 4.13. The lowest BCUT2D eigenvalue weighted by atomic mass is 10.1. The van der Waals surface area contributed by atoms with E-state index in [2.05, 4.69) is 0 Å². The third-order valence-electron chi connectivity index (χ3n) is 2.50. The molecule has 0 spiro atoms.